The molecule has 1 aromatic carbocycles. The molecule has 2 aromatic heterocycles. The van der Waals surface area contributed by atoms with Gasteiger partial charge in [0.1, 0.15) is 11.6 Å². The molecule has 0 aliphatic rings. The van der Waals surface area contributed by atoms with E-state index in [2.05, 4.69) is 10.3 Å². The molecule has 9 heteroatoms. The van der Waals surface area contributed by atoms with Crippen LogP contribution in [0.4, 0.5) is 4.39 Å². The van der Waals surface area contributed by atoms with E-state index < -0.39 is 23.7 Å². The largest absolute Gasteiger partial charge is 0.469 e. The molecule has 7 nitrogen and oxygen atoms in total. The summed E-state index contributed by atoms with van der Waals surface area (Å²) in [5.74, 6) is -0.117. The van der Waals surface area contributed by atoms with Crippen molar-refractivity contribution >= 4 is 23.6 Å². The summed E-state index contributed by atoms with van der Waals surface area (Å²) in [7, 11) is 3.16. The highest BCUT2D eigenvalue weighted by Gasteiger charge is 2.21. The van der Waals surface area contributed by atoms with Crippen LogP contribution in [0.5, 0.6) is 0 Å². The fourth-order valence-corrected chi connectivity index (χ4v) is 3.46. The first kappa shape index (κ1) is 20.7. The average Bonchev–Trinajstić information content (AvgIpc) is 3.35. The molecule has 0 spiro atoms. The number of methoxy groups -OCH3 is 1. The summed E-state index contributed by atoms with van der Waals surface area (Å²) in [6.45, 7) is 0. The number of ether oxygens (including phenoxy) is 1. The third-order valence-corrected chi connectivity index (χ3v) is 5.26. The van der Waals surface area contributed by atoms with Gasteiger partial charge in [0.15, 0.2) is 10.9 Å². The van der Waals surface area contributed by atoms with E-state index in [1.807, 2.05) is 17.8 Å². The second kappa shape index (κ2) is 9.42. The Kier molecular flexibility index (Phi) is 6.71. The molecule has 0 saturated carbocycles. The molecule has 1 amide bonds. The molecule has 152 valence electrons. The quantitative estimate of drug-likeness (QED) is 0.446. The van der Waals surface area contributed by atoms with E-state index in [1.165, 1.54) is 43.1 Å². The SMILES string of the molecule is COC(=O)CC(NC(=O)c1ccc(CSc2nccn2C)o1)c1ccc(F)cc1. The van der Waals surface area contributed by atoms with Crippen molar-refractivity contribution in [1.82, 2.24) is 14.9 Å². The van der Waals surface area contributed by atoms with Gasteiger partial charge >= 0.3 is 5.97 Å². The zero-order chi connectivity index (χ0) is 20.8. The molecule has 0 saturated heterocycles. The van der Waals surface area contributed by atoms with Crippen LogP contribution in [0.2, 0.25) is 0 Å². The van der Waals surface area contributed by atoms with Gasteiger partial charge in [0.25, 0.3) is 5.91 Å². The Bertz CT molecular complexity index is 984. The van der Waals surface area contributed by atoms with Crippen LogP contribution < -0.4 is 5.32 Å². The van der Waals surface area contributed by atoms with Gasteiger partial charge < -0.3 is 19.0 Å². The van der Waals surface area contributed by atoms with Gasteiger partial charge in [-0.1, -0.05) is 23.9 Å². The number of thioether (sulfide) groups is 1. The van der Waals surface area contributed by atoms with Crippen LogP contribution in [-0.2, 0) is 22.3 Å². The van der Waals surface area contributed by atoms with Crippen molar-refractivity contribution < 1.29 is 23.1 Å². The lowest BCUT2D eigenvalue weighted by Gasteiger charge is -2.17. The number of nitrogens with zero attached hydrogens (tertiary/aromatic N) is 2. The Balaban J connectivity index is 1.67. The van der Waals surface area contributed by atoms with Gasteiger partial charge in [0.2, 0.25) is 0 Å². The predicted molar refractivity (Wildman–Crippen MR) is 105 cm³/mol. The smallest absolute Gasteiger partial charge is 0.307 e. The lowest BCUT2D eigenvalue weighted by molar-refractivity contribution is -0.141. The number of imidazole rings is 1. The van der Waals surface area contributed by atoms with Crippen LogP contribution in [0.25, 0.3) is 0 Å². The van der Waals surface area contributed by atoms with E-state index in [9.17, 15) is 14.0 Å². The van der Waals surface area contributed by atoms with Crippen LogP contribution in [0, 0.1) is 5.82 Å². The Morgan fingerprint density at radius 2 is 2.03 bits per heavy atom. The third kappa shape index (κ3) is 5.47. The van der Waals surface area contributed by atoms with Gasteiger partial charge in [-0.2, -0.15) is 0 Å². The molecule has 1 N–H and O–H groups in total. The van der Waals surface area contributed by atoms with E-state index in [-0.39, 0.29) is 12.2 Å². The molecule has 0 radical (unpaired) electrons. The second-order valence-corrected chi connectivity index (χ2v) is 7.18. The van der Waals surface area contributed by atoms with Crippen LogP contribution in [-0.4, -0.2) is 28.5 Å². The molecule has 0 fully saturated rings. The van der Waals surface area contributed by atoms with Crippen molar-refractivity contribution in [3.05, 3.63) is 71.7 Å². The summed E-state index contributed by atoms with van der Waals surface area (Å²) in [5, 5.41) is 3.58. The third-order valence-electron chi connectivity index (χ3n) is 4.18. The van der Waals surface area contributed by atoms with Gasteiger partial charge in [-0.05, 0) is 29.8 Å². The number of halogens is 1. The van der Waals surface area contributed by atoms with Crippen molar-refractivity contribution in [2.45, 2.75) is 23.4 Å². The number of aryl methyl sites for hydroxylation is 1. The zero-order valence-corrected chi connectivity index (χ0v) is 16.7. The number of amides is 1. The van der Waals surface area contributed by atoms with Crippen LogP contribution in [0.3, 0.4) is 0 Å². The van der Waals surface area contributed by atoms with Gasteiger partial charge in [0.05, 0.1) is 25.3 Å². The molecular formula is C20H20FN3O4S. The number of hydrogen-bond acceptors (Lipinski definition) is 6. The summed E-state index contributed by atoms with van der Waals surface area (Å²) < 4.78 is 25.4. The molecule has 3 aromatic rings. The summed E-state index contributed by atoms with van der Waals surface area (Å²) in [4.78, 5) is 28.6. The highest BCUT2D eigenvalue weighted by atomic mass is 32.2. The van der Waals surface area contributed by atoms with E-state index in [0.29, 0.717) is 17.1 Å². The standard InChI is InChI=1S/C20H20FN3O4S/c1-24-10-9-22-20(24)29-12-15-7-8-17(28-15)19(26)23-16(11-18(25)27-2)13-3-5-14(21)6-4-13/h3-10,16H,11-12H2,1-2H3,(H,23,26). The van der Waals surface area contributed by atoms with E-state index >= 15 is 0 Å². The second-order valence-electron chi connectivity index (χ2n) is 6.23. The van der Waals surface area contributed by atoms with E-state index in [1.54, 1.807) is 18.3 Å². The minimum absolute atomic E-state index is 0.0869. The lowest BCUT2D eigenvalue weighted by atomic mass is 10.0. The molecular weight excluding hydrogens is 397 g/mol. The number of furan rings is 1. The van der Waals surface area contributed by atoms with Crippen molar-refractivity contribution in [1.29, 1.82) is 0 Å². The summed E-state index contributed by atoms with van der Waals surface area (Å²) in [6.07, 6.45) is 3.47. The molecule has 0 bridgehead atoms. The first-order valence-electron chi connectivity index (χ1n) is 8.78. The first-order valence-corrected chi connectivity index (χ1v) is 9.77. The summed E-state index contributed by atoms with van der Waals surface area (Å²) >= 11 is 1.49. The highest BCUT2D eigenvalue weighted by molar-refractivity contribution is 7.98. The molecule has 3 rings (SSSR count). The molecule has 29 heavy (non-hydrogen) atoms. The normalized spacial score (nSPS) is 11.8. The number of hydrogen-bond donors (Lipinski definition) is 1. The maximum Gasteiger partial charge on any atom is 0.307 e. The number of aromatic nitrogens is 2. The van der Waals surface area contributed by atoms with Gasteiger partial charge in [-0.15, -0.1) is 0 Å². The van der Waals surface area contributed by atoms with Crippen molar-refractivity contribution in [3.63, 3.8) is 0 Å². The molecule has 0 aliphatic carbocycles. The zero-order valence-electron chi connectivity index (χ0n) is 15.9. The van der Waals surface area contributed by atoms with E-state index in [4.69, 9.17) is 9.15 Å². The molecule has 1 atom stereocenters. The first-order chi connectivity index (χ1) is 14.0. The fraction of sp³-hybridized carbons (Fsp3) is 0.250. The highest BCUT2D eigenvalue weighted by Crippen LogP contribution is 2.23. The Hall–Kier alpha value is -3.07. The van der Waals surface area contributed by atoms with Crippen LogP contribution in [0.15, 0.2) is 58.4 Å². The number of carbonyl (C=O) groups is 2. The number of nitrogens with one attached hydrogen (secondary N) is 1. The Morgan fingerprint density at radius 3 is 2.69 bits per heavy atom. The minimum atomic E-state index is -0.675. The maximum atomic E-state index is 13.2. The topological polar surface area (TPSA) is 86.4 Å². The predicted octanol–water partition coefficient (Wildman–Crippen LogP) is 3.48. The molecule has 0 aliphatic heterocycles. The summed E-state index contributed by atoms with van der Waals surface area (Å²) in [6, 6.07) is 8.19. The van der Waals surface area contributed by atoms with Crippen LogP contribution in [0.1, 0.15) is 34.3 Å². The average molecular weight is 417 g/mol. The Morgan fingerprint density at radius 1 is 1.28 bits per heavy atom. The van der Waals surface area contributed by atoms with Crippen molar-refractivity contribution in [2.24, 2.45) is 7.05 Å². The van der Waals surface area contributed by atoms with E-state index in [0.717, 1.165) is 5.16 Å². The van der Waals surface area contributed by atoms with Gasteiger partial charge in [-0.25, -0.2) is 9.37 Å². The monoisotopic (exact) mass is 417 g/mol. The molecule has 2 heterocycles. The minimum Gasteiger partial charge on any atom is -0.469 e. The maximum absolute atomic E-state index is 13.2. The number of benzene rings is 1. The number of rotatable bonds is 8. The van der Waals surface area contributed by atoms with Gasteiger partial charge in [0, 0.05) is 19.4 Å². The lowest BCUT2D eigenvalue weighted by Crippen LogP contribution is -2.30. The fourth-order valence-electron chi connectivity index (χ4n) is 2.63. The Labute approximate surface area is 171 Å². The number of esters is 1. The van der Waals surface area contributed by atoms with Crippen molar-refractivity contribution in [2.75, 3.05) is 7.11 Å². The molecule has 1 unspecified atom stereocenters. The van der Waals surface area contributed by atoms with Gasteiger partial charge in [-0.3, -0.25) is 9.59 Å². The summed E-state index contributed by atoms with van der Waals surface area (Å²) in [5.41, 5.74) is 0.585. The van der Waals surface area contributed by atoms with Crippen molar-refractivity contribution in [3.8, 4) is 0 Å². The van der Waals surface area contributed by atoms with Crippen LogP contribution >= 0.6 is 11.8 Å². The number of carbonyl (C=O) groups excluding carboxylic acids is 2.